The molecule has 0 bridgehead atoms. The molecule has 0 saturated heterocycles. The SMILES string of the molecule is c1ccc2c(c1)CN(Cc1ccc3c(c1)CCCN3)C2. The highest BCUT2D eigenvalue weighted by Gasteiger charge is 2.18. The van der Waals surface area contributed by atoms with Gasteiger partial charge >= 0.3 is 0 Å². The van der Waals surface area contributed by atoms with Crippen molar-refractivity contribution >= 4 is 5.69 Å². The second-order valence-electron chi connectivity index (χ2n) is 5.94. The van der Waals surface area contributed by atoms with Gasteiger partial charge in [0.25, 0.3) is 0 Å². The maximum Gasteiger partial charge on any atom is 0.0372 e. The van der Waals surface area contributed by atoms with Crippen LogP contribution < -0.4 is 5.32 Å². The zero-order chi connectivity index (χ0) is 13.4. The van der Waals surface area contributed by atoms with Gasteiger partial charge in [0.1, 0.15) is 0 Å². The third-order valence-corrected chi connectivity index (χ3v) is 4.42. The summed E-state index contributed by atoms with van der Waals surface area (Å²) >= 11 is 0. The molecular formula is C18H20N2. The molecular weight excluding hydrogens is 244 g/mol. The molecule has 0 atom stereocenters. The number of aryl methyl sites for hydroxylation is 1. The Kier molecular flexibility index (Phi) is 2.96. The Morgan fingerprint density at radius 3 is 2.55 bits per heavy atom. The van der Waals surface area contributed by atoms with Crippen molar-refractivity contribution in [1.29, 1.82) is 0 Å². The first-order valence-corrected chi connectivity index (χ1v) is 7.53. The number of nitrogens with one attached hydrogen (secondary N) is 1. The minimum Gasteiger partial charge on any atom is -0.385 e. The molecule has 0 aliphatic carbocycles. The summed E-state index contributed by atoms with van der Waals surface area (Å²) in [5, 5.41) is 3.48. The zero-order valence-corrected chi connectivity index (χ0v) is 11.7. The van der Waals surface area contributed by atoms with Crippen molar-refractivity contribution < 1.29 is 0 Å². The summed E-state index contributed by atoms with van der Waals surface area (Å²) in [7, 11) is 0. The van der Waals surface area contributed by atoms with Crippen LogP contribution in [0.1, 0.15) is 28.7 Å². The zero-order valence-electron chi connectivity index (χ0n) is 11.7. The summed E-state index contributed by atoms with van der Waals surface area (Å²) in [6.07, 6.45) is 2.47. The summed E-state index contributed by atoms with van der Waals surface area (Å²) in [6, 6.07) is 15.7. The summed E-state index contributed by atoms with van der Waals surface area (Å²) < 4.78 is 0. The van der Waals surface area contributed by atoms with E-state index in [2.05, 4.69) is 52.7 Å². The summed E-state index contributed by atoms with van der Waals surface area (Å²) in [4.78, 5) is 2.53. The molecule has 2 aliphatic rings. The van der Waals surface area contributed by atoms with Crippen molar-refractivity contribution in [2.45, 2.75) is 32.5 Å². The van der Waals surface area contributed by atoms with Gasteiger partial charge in [0.2, 0.25) is 0 Å². The highest BCUT2D eigenvalue weighted by molar-refractivity contribution is 5.54. The maximum atomic E-state index is 3.48. The Hall–Kier alpha value is -1.80. The maximum absolute atomic E-state index is 3.48. The number of rotatable bonds is 2. The molecule has 1 N–H and O–H groups in total. The van der Waals surface area contributed by atoms with Crippen LogP contribution in [0.2, 0.25) is 0 Å². The monoisotopic (exact) mass is 264 g/mol. The molecule has 0 unspecified atom stereocenters. The van der Waals surface area contributed by atoms with E-state index in [4.69, 9.17) is 0 Å². The Morgan fingerprint density at radius 1 is 0.950 bits per heavy atom. The third-order valence-electron chi connectivity index (χ3n) is 4.42. The van der Waals surface area contributed by atoms with Crippen LogP contribution in [0, 0.1) is 0 Å². The van der Waals surface area contributed by atoms with E-state index in [0.29, 0.717) is 0 Å². The third kappa shape index (κ3) is 2.20. The van der Waals surface area contributed by atoms with E-state index in [0.717, 1.165) is 26.2 Å². The van der Waals surface area contributed by atoms with Crippen LogP contribution in [0.4, 0.5) is 5.69 Å². The molecule has 2 aliphatic heterocycles. The molecule has 0 radical (unpaired) electrons. The minimum absolute atomic E-state index is 1.06. The molecule has 0 fully saturated rings. The Bertz CT molecular complexity index is 608. The van der Waals surface area contributed by atoms with Crippen molar-refractivity contribution in [2.24, 2.45) is 0 Å². The van der Waals surface area contributed by atoms with Crippen LogP contribution in [-0.4, -0.2) is 11.4 Å². The van der Waals surface area contributed by atoms with Crippen molar-refractivity contribution in [3.63, 3.8) is 0 Å². The molecule has 102 valence electrons. The van der Waals surface area contributed by atoms with E-state index in [1.807, 2.05) is 0 Å². The van der Waals surface area contributed by atoms with E-state index in [-0.39, 0.29) is 0 Å². The number of nitrogens with zero attached hydrogens (tertiary/aromatic N) is 1. The predicted molar refractivity (Wildman–Crippen MR) is 82.6 cm³/mol. The molecule has 2 aromatic rings. The van der Waals surface area contributed by atoms with Crippen LogP contribution in [0.5, 0.6) is 0 Å². The van der Waals surface area contributed by atoms with Crippen molar-refractivity contribution in [2.75, 3.05) is 11.9 Å². The van der Waals surface area contributed by atoms with E-state index in [9.17, 15) is 0 Å². The molecule has 4 rings (SSSR count). The molecule has 0 spiro atoms. The lowest BCUT2D eigenvalue weighted by Crippen LogP contribution is -2.17. The minimum atomic E-state index is 1.06. The van der Waals surface area contributed by atoms with Crippen LogP contribution in [-0.2, 0) is 26.1 Å². The van der Waals surface area contributed by atoms with Gasteiger partial charge in [-0.2, -0.15) is 0 Å². The average molecular weight is 264 g/mol. The normalized spacial score (nSPS) is 17.4. The highest BCUT2D eigenvalue weighted by atomic mass is 15.1. The molecule has 2 nitrogen and oxygen atoms in total. The summed E-state index contributed by atoms with van der Waals surface area (Å²) in [6.45, 7) is 4.35. The fourth-order valence-electron chi connectivity index (χ4n) is 3.40. The van der Waals surface area contributed by atoms with Gasteiger partial charge in [0, 0.05) is 31.9 Å². The smallest absolute Gasteiger partial charge is 0.0372 e. The Morgan fingerprint density at radius 2 is 1.75 bits per heavy atom. The number of fused-ring (bicyclic) bond motifs is 2. The first kappa shape index (κ1) is 12.0. The average Bonchev–Trinajstić information content (AvgIpc) is 2.89. The van der Waals surface area contributed by atoms with Gasteiger partial charge in [-0.1, -0.05) is 36.4 Å². The summed E-state index contributed by atoms with van der Waals surface area (Å²) in [5.74, 6) is 0. The fourth-order valence-corrected chi connectivity index (χ4v) is 3.40. The van der Waals surface area contributed by atoms with Gasteiger partial charge in [-0.25, -0.2) is 0 Å². The van der Waals surface area contributed by atoms with Crippen molar-refractivity contribution in [3.05, 3.63) is 64.7 Å². The molecule has 2 aromatic carbocycles. The van der Waals surface area contributed by atoms with Crippen LogP contribution in [0.3, 0.4) is 0 Å². The van der Waals surface area contributed by atoms with E-state index in [1.54, 1.807) is 0 Å². The molecule has 20 heavy (non-hydrogen) atoms. The largest absolute Gasteiger partial charge is 0.385 e. The number of benzene rings is 2. The predicted octanol–water partition coefficient (Wildman–Crippen LogP) is 3.56. The van der Waals surface area contributed by atoms with Gasteiger partial charge < -0.3 is 5.32 Å². The number of hydrogen-bond donors (Lipinski definition) is 1. The fraction of sp³-hybridized carbons (Fsp3) is 0.333. The topological polar surface area (TPSA) is 15.3 Å². The van der Waals surface area contributed by atoms with E-state index >= 15 is 0 Å². The Labute approximate surface area is 120 Å². The van der Waals surface area contributed by atoms with E-state index in [1.165, 1.54) is 40.8 Å². The molecule has 0 aromatic heterocycles. The van der Waals surface area contributed by atoms with Gasteiger partial charge in [-0.15, -0.1) is 0 Å². The Balaban J connectivity index is 1.50. The molecule has 2 heterocycles. The quantitative estimate of drug-likeness (QED) is 0.892. The molecule has 2 heteroatoms. The van der Waals surface area contributed by atoms with Gasteiger partial charge in [-0.05, 0) is 41.2 Å². The first-order valence-electron chi connectivity index (χ1n) is 7.53. The van der Waals surface area contributed by atoms with Crippen molar-refractivity contribution in [1.82, 2.24) is 4.90 Å². The molecule has 0 saturated carbocycles. The second kappa shape index (κ2) is 4.95. The second-order valence-corrected chi connectivity index (χ2v) is 5.94. The highest BCUT2D eigenvalue weighted by Crippen LogP contribution is 2.27. The molecule has 0 amide bonds. The lowest BCUT2D eigenvalue weighted by Gasteiger charge is -2.20. The van der Waals surface area contributed by atoms with E-state index < -0.39 is 0 Å². The van der Waals surface area contributed by atoms with Gasteiger partial charge in [-0.3, -0.25) is 4.90 Å². The number of hydrogen-bond acceptors (Lipinski definition) is 2. The van der Waals surface area contributed by atoms with Crippen LogP contribution in [0.25, 0.3) is 0 Å². The number of anilines is 1. The van der Waals surface area contributed by atoms with Gasteiger partial charge in [0.05, 0.1) is 0 Å². The van der Waals surface area contributed by atoms with Gasteiger partial charge in [0.15, 0.2) is 0 Å². The standard InChI is InChI=1S/C18H20N2/c1-2-5-17-13-20(12-16(17)4-1)11-14-7-8-18-15(10-14)6-3-9-19-18/h1-2,4-5,7-8,10,19H,3,6,9,11-13H2. The lowest BCUT2D eigenvalue weighted by atomic mass is 10.0. The van der Waals surface area contributed by atoms with Crippen LogP contribution in [0.15, 0.2) is 42.5 Å². The first-order chi connectivity index (χ1) is 9.88. The lowest BCUT2D eigenvalue weighted by molar-refractivity contribution is 0.275. The van der Waals surface area contributed by atoms with Crippen molar-refractivity contribution in [3.8, 4) is 0 Å². The summed E-state index contributed by atoms with van der Waals surface area (Å²) in [5.41, 5.74) is 7.26. The van der Waals surface area contributed by atoms with Crippen LogP contribution >= 0.6 is 0 Å².